The molecule has 0 aromatic heterocycles. The normalized spacial score (nSPS) is 17.5. The van der Waals surface area contributed by atoms with Crippen molar-refractivity contribution in [2.45, 2.75) is 25.7 Å². The Morgan fingerprint density at radius 2 is 2.27 bits per heavy atom. The van der Waals surface area contributed by atoms with Crippen LogP contribution >= 0.6 is 0 Å². The molecule has 1 aliphatic rings. The summed E-state index contributed by atoms with van der Waals surface area (Å²) in [5.74, 6) is 2.20. The minimum Gasteiger partial charge on any atom is -0.493 e. The van der Waals surface area contributed by atoms with Gasteiger partial charge in [-0.25, -0.2) is 0 Å². The smallest absolute Gasteiger partial charge is 0.119 e. The number of ether oxygens (including phenoxy) is 1. The molecule has 0 aliphatic heterocycles. The molecule has 0 unspecified atom stereocenters. The van der Waals surface area contributed by atoms with Gasteiger partial charge in [-0.2, -0.15) is 0 Å². The van der Waals surface area contributed by atoms with E-state index in [2.05, 4.69) is 19.1 Å². The van der Waals surface area contributed by atoms with E-state index < -0.39 is 0 Å². The summed E-state index contributed by atoms with van der Waals surface area (Å²) in [6.07, 6.45) is 2.66. The van der Waals surface area contributed by atoms with Crippen LogP contribution in [0.1, 0.15) is 31.2 Å². The van der Waals surface area contributed by atoms with Crippen molar-refractivity contribution in [1.82, 2.24) is 0 Å². The molecule has 2 rings (SSSR count). The summed E-state index contributed by atoms with van der Waals surface area (Å²) in [5.41, 5.74) is 6.91. The van der Waals surface area contributed by atoms with Crippen LogP contribution < -0.4 is 10.5 Å². The van der Waals surface area contributed by atoms with E-state index in [4.69, 9.17) is 10.5 Å². The van der Waals surface area contributed by atoms with Gasteiger partial charge in [0.15, 0.2) is 0 Å². The second-order valence-corrected chi connectivity index (χ2v) is 4.46. The zero-order valence-corrected chi connectivity index (χ0v) is 9.28. The van der Waals surface area contributed by atoms with Gasteiger partial charge in [-0.1, -0.05) is 19.1 Å². The van der Waals surface area contributed by atoms with Gasteiger partial charge in [0, 0.05) is 0 Å². The Labute approximate surface area is 91.4 Å². The largest absolute Gasteiger partial charge is 0.493 e. The zero-order chi connectivity index (χ0) is 10.7. The van der Waals surface area contributed by atoms with E-state index in [1.165, 1.54) is 18.4 Å². The fourth-order valence-corrected chi connectivity index (χ4v) is 1.55. The van der Waals surface area contributed by atoms with Crippen LogP contribution in [0.3, 0.4) is 0 Å². The van der Waals surface area contributed by atoms with Crippen molar-refractivity contribution in [3.8, 4) is 5.75 Å². The Morgan fingerprint density at radius 3 is 2.93 bits per heavy atom. The molecule has 1 aromatic rings. The molecule has 1 fully saturated rings. The summed E-state index contributed by atoms with van der Waals surface area (Å²) in [7, 11) is 0. The Morgan fingerprint density at radius 1 is 1.47 bits per heavy atom. The maximum absolute atomic E-state index is 5.72. The van der Waals surface area contributed by atoms with E-state index in [0.29, 0.717) is 12.5 Å². The van der Waals surface area contributed by atoms with E-state index in [0.717, 1.165) is 18.3 Å². The summed E-state index contributed by atoms with van der Waals surface area (Å²) >= 11 is 0. The van der Waals surface area contributed by atoms with E-state index in [1.807, 2.05) is 12.1 Å². The van der Waals surface area contributed by atoms with Crippen molar-refractivity contribution in [2.24, 2.45) is 11.7 Å². The molecular formula is C13H19NO. The number of benzene rings is 1. The van der Waals surface area contributed by atoms with E-state index in [1.54, 1.807) is 0 Å². The highest BCUT2D eigenvalue weighted by Crippen LogP contribution is 2.30. The minimum atomic E-state index is 0.412. The van der Waals surface area contributed by atoms with Gasteiger partial charge in [0.1, 0.15) is 5.75 Å². The summed E-state index contributed by atoms with van der Waals surface area (Å²) in [6, 6.07) is 8.29. The summed E-state index contributed by atoms with van der Waals surface area (Å²) in [5, 5.41) is 0. The van der Waals surface area contributed by atoms with Gasteiger partial charge in [0.05, 0.1) is 6.61 Å². The third-order valence-electron chi connectivity index (χ3n) is 2.96. The van der Waals surface area contributed by atoms with Crippen LogP contribution in [-0.2, 0) is 0 Å². The van der Waals surface area contributed by atoms with Crippen LogP contribution in [0.2, 0.25) is 0 Å². The third-order valence-corrected chi connectivity index (χ3v) is 2.96. The van der Waals surface area contributed by atoms with Crippen LogP contribution in [0.4, 0.5) is 0 Å². The van der Waals surface area contributed by atoms with Crippen LogP contribution in [-0.4, -0.2) is 13.2 Å². The van der Waals surface area contributed by atoms with Crippen molar-refractivity contribution in [2.75, 3.05) is 13.2 Å². The highest BCUT2D eigenvalue weighted by atomic mass is 16.5. The molecule has 0 radical (unpaired) electrons. The van der Waals surface area contributed by atoms with E-state index >= 15 is 0 Å². The summed E-state index contributed by atoms with van der Waals surface area (Å²) in [6.45, 7) is 3.70. The molecule has 15 heavy (non-hydrogen) atoms. The molecule has 0 bridgehead atoms. The first-order valence-electron chi connectivity index (χ1n) is 5.72. The van der Waals surface area contributed by atoms with Gasteiger partial charge >= 0.3 is 0 Å². The van der Waals surface area contributed by atoms with Crippen LogP contribution in [0.25, 0.3) is 0 Å². The lowest BCUT2D eigenvalue weighted by Gasteiger charge is -2.11. The van der Waals surface area contributed by atoms with Crippen molar-refractivity contribution in [1.29, 1.82) is 0 Å². The SMILES string of the molecule is C[C@@H](CN)c1cccc(OCC2CC2)c1. The molecule has 1 saturated carbocycles. The highest BCUT2D eigenvalue weighted by molar-refractivity contribution is 5.30. The van der Waals surface area contributed by atoms with Crippen LogP contribution in [0.5, 0.6) is 5.75 Å². The minimum absolute atomic E-state index is 0.412. The Hall–Kier alpha value is -1.02. The second-order valence-electron chi connectivity index (χ2n) is 4.46. The van der Waals surface area contributed by atoms with Gasteiger partial charge < -0.3 is 10.5 Å². The highest BCUT2D eigenvalue weighted by Gasteiger charge is 2.21. The van der Waals surface area contributed by atoms with E-state index in [9.17, 15) is 0 Å². The van der Waals surface area contributed by atoms with Crippen molar-refractivity contribution < 1.29 is 4.74 Å². The Kier molecular flexibility index (Phi) is 3.27. The lowest BCUT2D eigenvalue weighted by Crippen LogP contribution is -2.09. The molecule has 1 aliphatic carbocycles. The number of hydrogen-bond acceptors (Lipinski definition) is 2. The number of rotatable bonds is 5. The maximum atomic E-state index is 5.72. The monoisotopic (exact) mass is 205 g/mol. The molecular weight excluding hydrogens is 186 g/mol. The van der Waals surface area contributed by atoms with Crippen LogP contribution in [0.15, 0.2) is 24.3 Å². The van der Waals surface area contributed by atoms with Gasteiger partial charge in [0.25, 0.3) is 0 Å². The first-order chi connectivity index (χ1) is 7.29. The molecule has 0 amide bonds. The van der Waals surface area contributed by atoms with Crippen molar-refractivity contribution >= 4 is 0 Å². The Balaban J connectivity index is 1.97. The number of nitrogens with two attached hydrogens (primary N) is 1. The lowest BCUT2D eigenvalue weighted by molar-refractivity contribution is 0.299. The van der Waals surface area contributed by atoms with Gasteiger partial charge in [-0.05, 0) is 48.9 Å². The van der Waals surface area contributed by atoms with Crippen molar-refractivity contribution in [3.63, 3.8) is 0 Å². The molecule has 82 valence electrons. The van der Waals surface area contributed by atoms with Gasteiger partial charge in [-0.15, -0.1) is 0 Å². The molecule has 0 saturated heterocycles. The Bertz CT molecular complexity index is 320. The van der Waals surface area contributed by atoms with Gasteiger partial charge in [0.2, 0.25) is 0 Å². The van der Waals surface area contributed by atoms with Crippen LogP contribution in [0, 0.1) is 5.92 Å². The fraction of sp³-hybridized carbons (Fsp3) is 0.538. The zero-order valence-electron chi connectivity index (χ0n) is 9.28. The van der Waals surface area contributed by atoms with Gasteiger partial charge in [-0.3, -0.25) is 0 Å². The first-order valence-corrected chi connectivity index (χ1v) is 5.72. The lowest BCUT2D eigenvalue weighted by atomic mass is 10.0. The molecule has 1 atom stereocenters. The second kappa shape index (κ2) is 4.67. The standard InChI is InChI=1S/C13H19NO/c1-10(8-14)12-3-2-4-13(7-12)15-9-11-5-6-11/h2-4,7,10-11H,5-6,8-9,14H2,1H3/t10-/m0/s1. The molecule has 2 N–H and O–H groups in total. The summed E-state index contributed by atoms with van der Waals surface area (Å²) in [4.78, 5) is 0. The summed E-state index contributed by atoms with van der Waals surface area (Å²) < 4.78 is 5.72. The molecule has 2 heteroatoms. The average molecular weight is 205 g/mol. The molecule has 0 spiro atoms. The predicted molar refractivity (Wildman–Crippen MR) is 62.1 cm³/mol. The quantitative estimate of drug-likeness (QED) is 0.801. The molecule has 0 heterocycles. The fourth-order valence-electron chi connectivity index (χ4n) is 1.55. The topological polar surface area (TPSA) is 35.2 Å². The average Bonchev–Trinajstić information content (AvgIpc) is 3.09. The molecule has 2 nitrogen and oxygen atoms in total. The van der Waals surface area contributed by atoms with Crippen molar-refractivity contribution in [3.05, 3.63) is 29.8 Å². The maximum Gasteiger partial charge on any atom is 0.119 e. The predicted octanol–water partition coefficient (Wildman–Crippen LogP) is 2.54. The van der Waals surface area contributed by atoms with E-state index in [-0.39, 0.29) is 0 Å². The molecule has 1 aromatic carbocycles. The first kappa shape index (κ1) is 10.5. The third kappa shape index (κ3) is 2.96. The number of hydrogen-bond donors (Lipinski definition) is 1.